The predicted molar refractivity (Wildman–Crippen MR) is 60.4 cm³/mol. The van der Waals surface area contributed by atoms with E-state index in [2.05, 4.69) is 45.9 Å². The van der Waals surface area contributed by atoms with Gasteiger partial charge < -0.3 is 5.73 Å². The van der Waals surface area contributed by atoms with E-state index in [0.717, 1.165) is 0 Å². The van der Waals surface area contributed by atoms with Gasteiger partial charge in [0.1, 0.15) is 0 Å². The Morgan fingerprint density at radius 1 is 1.21 bits per heavy atom. The Labute approximate surface area is 86.3 Å². The van der Waals surface area contributed by atoms with Crippen molar-refractivity contribution in [3.05, 3.63) is 34.9 Å². The van der Waals surface area contributed by atoms with Crippen molar-refractivity contribution < 1.29 is 0 Å². The smallest absolute Gasteiger partial charge is 0.0172 e. The van der Waals surface area contributed by atoms with Crippen LogP contribution in [0.4, 0.5) is 0 Å². The van der Waals surface area contributed by atoms with E-state index in [9.17, 15) is 0 Å². The molecule has 2 rings (SSSR count). The Kier molecular flexibility index (Phi) is 1.97. The fourth-order valence-corrected chi connectivity index (χ4v) is 2.38. The van der Waals surface area contributed by atoms with Crippen molar-refractivity contribution in [2.45, 2.75) is 39.7 Å². The molecule has 76 valence electrons. The number of rotatable bonds is 1. The van der Waals surface area contributed by atoms with Crippen LogP contribution in [0.2, 0.25) is 0 Å². The monoisotopic (exact) mass is 189 g/mol. The quantitative estimate of drug-likeness (QED) is 0.722. The van der Waals surface area contributed by atoms with Gasteiger partial charge in [-0.1, -0.05) is 32.0 Å². The maximum absolute atomic E-state index is 6.10. The molecule has 0 heterocycles. The molecule has 1 saturated carbocycles. The van der Waals surface area contributed by atoms with Crippen molar-refractivity contribution in [1.29, 1.82) is 0 Å². The van der Waals surface area contributed by atoms with Crippen molar-refractivity contribution in [1.82, 2.24) is 0 Å². The van der Waals surface area contributed by atoms with E-state index in [4.69, 9.17) is 5.73 Å². The van der Waals surface area contributed by atoms with Crippen molar-refractivity contribution in [3.8, 4) is 0 Å². The molecule has 14 heavy (non-hydrogen) atoms. The molecule has 1 heteroatoms. The van der Waals surface area contributed by atoms with Crippen LogP contribution in [0.5, 0.6) is 0 Å². The minimum Gasteiger partial charge on any atom is -0.327 e. The lowest BCUT2D eigenvalue weighted by atomic mass is 9.96. The summed E-state index contributed by atoms with van der Waals surface area (Å²) in [5.74, 6) is 0.558. The molecule has 1 nitrogen and oxygen atoms in total. The summed E-state index contributed by atoms with van der Waals surface area (Å²) in [6.07, 6.45) is 0. The highest BCUT2D eigenvalue weighted by atomic mass is 14.8. The van der Waals surface area contributed by atoms with Gasteiger partial charge in [0.25, 0.3) is 0 Å². The topological polar surface area (TPSA) is 26.0 Å². The third-order valence-corrected chi connectivity index (χ3v) is 3.89. The zero-order valence-electron chi connectivity index (χ0n) is 9.46. The van der Waals surface area contributed by atoms with Gasteiger partial charge in [0.15, 0.2) is 0 Å². The van der Waals surface area contributed by atoms with Crippen LogP contribution in [0.25, 0.3) is 0 Å². The molecule has 0 amide bonds. The minimum absolute atomic E-state index is 0.290. The second-order valence-electron chi connectivity index (χ2n) is 5.11. The number of nitrogens with two attached hydrogens (primary N) is 1. The molecule has 1 aromatic carbocycles. The van der Waals surface area contributed by atoms with Gasteiger partial charge >= 0.3 is 0 Å². The Morgan fingerprint density at radius 3 is 2.29 bits per heavy atom. The highest BCUT2D eigenvalue weighted by Gasteiger charge is 2.56. The molecule has 1 aliphatic carbocycles. The number of hydrogen-bond donors (Lipinski definition) is 1. The molecule has 1 aliphatic rings. The van der Waals surface area contributed by atoms with Gasteiger partial charge in [0.05, 0.1) is 0 Å². The van der Waals surface area contributed by atoms with Gasteiger partial charge in [0.2, 0.25) is 0 Å². The number of aryl methyl sites for hydroxylation is 1. The van der Waals surface area contributed by atoms with Gasteiger partial charge in [-0.3, -0.25) is 0 Å². The van der Waals surface area contributed by atoms with Gasteiger partial charge in [0, 0.05) is 12.0 Å². The Morgan fingerprint density at radius 2 is 1.79 bits per heavy atom. The van der Waals surface area contributed by atoms with Crippen LogP contribution in [0.3, 0.4) is 0 Å². The third-order valence-electron chi connectivity index (χ3n) is 3.89. The van der Waals surface area contributed by atoms with E-state index < -0.39 is 0 Å². The van der Waals surface area contributed by atoms with Crippen LogP contribution >= 0.6 is 0 Å². The zero-order chi connectivity index (χ0) is 10.5. The summed E-state index contributed by atoms with van der Waals surface area (Å²) >= 11 is 0. The Balaban J connectivity index is 2.40. The van der Waals surface area contributed by atoms with Gasteiger partial charge in [-0.25, -0.2) is 0 Å². The number of hydrogen-bond acceptors (Lipinski definition) is 1. The molecule has 0 unspecified atom stereocenters. The molecule has 2 atom stereocenters. The summed E-state index contributed by atoms with van der Waals surface area (Å²) < 4.78 is 0. The minimum atomic E-state index is 0.290. The molecule has 0 bridgehead atoms. The van der Waals surface area contributed by atoms with Gasteiger partial charge in [-0.05, 0) is 36.0 Å². The summed E-state index contributed by atoms with van der Waals surface area (Å²) in [5.41, 5.74) is 10.6. The maximum atomic E-state index is 6.10. The lowest BCUT2D eigenvalue weighted by Gasteiger charge is -2.09. The number of benzene rings is 1. The molecule has 0 spiro atoms. The SMILES string of the molecule is Cc1cccc([C@H]2[C@H](N)C2(C)C)c1C. The average Bonchev–Trinajstić information content (AvgIpc) is 2.59. The molecular weight excluding hydrogens is 170 g/mol. The lowest BCUT2D eigenvalue weighted by molar-refractivity contribution is 0.598. The van der Waals surface area contributed by atoms with E-state index in [1.165, 1.54) is 16.7 Å². The molecule has 0 aliphatic heterocycles. The summed E-state index contributed by atoms with van der Waals surface area (Å²) in [4.78, 5) is 0. The van der Waals surface area contributed by atoms with Crippen LogP contribution in [-0.4, -0.2) is 6.04 Å². The zero-order valence-corrected chi connectivity index (χ0v) is 9.46. The van der Waals surface area contributed by atoms with Crippen LogP contribution in [0.1, 0.15) is 36.5 Å². The van der Waals surface area contributed by atoms with E-state index in [1.807, 2.05) is 0 Å². The first kappa shape index (κ1) is 9.72. The third kappa shape index (κ3) is 1.19. The molecule has 0 aromatic heterocycles. The van der Waals surface area contributed by atoms with E-state index >= 15 is 0 Å². The molecule has 0 radical (unpaired) electrons. The Hall–Kier alpha value is -0.820. The van der Waals surface area contributed by atoms with Crippen LogP contribution in [-0.2, 0) is 0 Å². The first-order valence-electron chi connectivity index (χ1n) is 5.28. The summed E-state index contributed by atoms with van der Waals surface area (Å²) in [5, 5.41) is 0. The molecule has 0 saturated heterocycles. The first-order valence-corrected chi connectivity index (χ1v) is 5.28. The van der Waals surface area contributed by atoms with Crippen LogP contribution < -0.4 is 5.73 Å². The molecular formula is C13H19N. The largest absolute Gasteiger partial charge is 0.327 e. The lowest BCUT2D eigenvalue weighted by Crippen LogP contribution is -2.06. The van der Waals surface area contributed by atoms with Crippen molar-refractivity contribution in [3.63, 3.8) is 0 Å². The van der Waals surface area contributed by atoms with E-state index in [0.29, 0.717) is 17.4 Å². The van der Waals surface area contributed by atoms with Crippen molar-refractivity contribution in [2.24, 2.45) is 11.1 Å². The molecule has 1 fully saturated rings. The summed E-state index contributed by atoms with van der Waals surface area (Å²) in [6, 6.07) is 6.86. The van der Waals surface area contributed by atoms with E-state index in [-0.39, 0.29) is 0 Å². The highest BCUT2D eigenvalue weighted by molar-refractivity contribution is 5.42. The van der Waals surface area contributed by atoms with Crippen LogP contribution in [0.15, 0.2) is 18.2 Å². The average molecular weight is 189 g/mol. The second kappa shape index (κ2) is 2.83. The molecule has 1 aromatic rings. The maximum Gasteiger partial charge on any atom is 0.0172 e. The van der Waals surface area contributed by atoms with Crippen molar-refractivity contribution >= 4 is 0 Å². The summed E-state index contributed by atoms with van der Waals surface area (Å²) in [6.45, 7) is 8.87. The highest BCUT2D eigenvalue weighted by Crippen LogP contribution is 2.57. The second-order valence-corrected chi connectivity index (χ2v) is 5.11. The Bertz CT molecular complexity index is 365. The first-order chi connectivity index (χ1) is 6.46. The van der Waals surface area contributed by atoms with E-state index in [1.54, 1.807) is 0 Å². The standard InChI is InChI=1S/C13H19N/c1-8-6-5-7-10(9(8)2)11-12(14)13(11,3)4/h5-7,11-12H,14H2,1-4H3/t11-,12-/m0/s1. The van der Waals surface area contributed by atoms with Gasteiger partial charge in [-0.2, -0.15) is 0 Å². The van der Waals surface area contributed by atoms with Crippen LogP contribution in [0, 0.1) is 19.3 Å². The van der Waals surface area contributed by atoms with Gasteiger partial charge in [-0.15, -0.1) is 0 Å². The fourth-order valence-electron chi connectivity index (χ4n) is 2.38. The summed E-state index contributed by atoms with van der Waals surface area (Å²) in [7, 11) is 0. The molecule has 2 N–H and O–H groups in total. The predicted octanol–water partition coefficient (Wildman–Crippen LogP) is 2.75. The fraction of sp³-hybridized carbons (Fsp3) is 0.538. The van der Waals surface area contributed by atoms with Crippen molar-refractivity contribution in [2.75, 3.05) is 0 Å². The normalized spacial score (nSPS) is 28.9.